The van der Waals surface area contributed by atoms with E-state index in [0.717, 1.165) is 6.42 Å². The molecule has 1 aliphatic carbocycles. The van der Waals surface area contributed by atoms with E-state index < -0.39 is 8.07 Å². The Morgan fingerprint density at radius 1 is 0.297 bits per heavy atom. The van der Waals surface area contributed by atoms with E-state index in [1.807, 2.05) is 0 Å². The number of hydrogen-bond acceptors (Lipinski definition) is 0. The van der Waals surface area contributed by atoms with Gasteiger partial charge >= 0.3 is 0 Å². The number of allylic oxidation sites excluding steroid dienone is 4. The van der Waals surface area contributed by atoms with Crippen molar-refractivity contribution >= 4 is 23.6 Å². The van der Waals surface area contributed by atoms with E-state index >= 15 is 0 Å². The highest BCUT2D eigenvalue weighted by Gasteiger charge is 2.45. The molecule has 1 heteroatoms. The Balaban J connectivity index is 2.13. The fourth-order valence-electron chi connectivity index (χ4n) is 10.8. The van der Waals surface area contributed by atoms with Crippen molar-refractivity contribution in [3.63, 3.8) is 0 Å². The number of aryl methyl sites for hydroxylation is 6. The lowest BCUT2D eigenvalue weighted by atomic mass is 10.00. The minimum Gasteiger partial charge on any atom is -0.0776 e. The van der Waals surface area contributed by atoms with Crippen molar-refractivity contribution < 1.29 is 0 Å². The Morgan fingerprint density at radius 3 is 0.812 bits per heavy atom. The zero-order valence-electron chi connectivity index (χ0n) is 43.4. The van der Waals surface area contributed by atoms with Crippen LogP contribution in [0.3, 0.4) is 0 Å². The molecule has 0 N–H and O–H groups in total. The predicted molar refractivity (Wildman–Crippen MR) is 291 cm³/mol. The maximum Gasteiger partial charge on any atom is 0.176 e. The second-order valence-corrected chi connectivity index (χ2v) is 24.4. The molecule has 64 heavy (non-hydrogen) atoms. The van der Waals surface area contributed by atoms with Gasteiger partial charge in [-0.25, -0.2) is 0 Å². The van der Waals surface area contributed by atoms with Crippen molar-refractivity contribution in [2.24, 2.45) is 0 Å². The third kappa shape index (κ3) is 17.9. The van der Waals surface area contributed by atoms with Gasteiger partial charge in [0.1, 0.15) is 0 Å². The van der Waals surface area contributed by atoms with Gasteiger partial charge in [-0.15, -0.1) is 0 Å². The summed E-state index contributed by atoms with van der Waals surface area (Å²) in [5, 5.41) is 6.85. The summed E-state index contributed by atoms with van der Waals surface area (Å²) in [6, 6.07) is 24.9. The van der Waals surface area contributed by atoms with Gasteiger partial charge in [-0.3, -0.25) is 0 Å². The summed E-state index contributed by atoms with van der Waals surface area (Å²) >= 11 is 0. The largest absolute Gasteiger partial charge is 0.176 e. The van der Waals surface area contributed by atoms with Crippen LogP contribution in [0.1, 0.15) is 262 Å². The molecule has 356 valence electrons. The van der Waals surface area contributed by atoms with E-state index in [4.69, 9.17) is 0 Å². The topological polar surface area (TPSA) is 0 Å². The molecule has 3 aromatic carbocycles. The molecule has 0 fully saturated rings. The lowest BCUT2D eigenvalue weighted by Gasteiger charge is -2.37. The van der Waals surface area contributed by atoms with Crippen LogP contribution in [-0.4, -0.2) is 8.07 Å². The average molecular weight is 886 g/mol. The van der Waals surface area contributed by atoms with Crippen LogP contribution >= 0.6 is 0 Å². The van der Waals surface area contributed by atoms with Gasteiger partial charge in [0.25, 0.3) is 0 Å². The van der Waals surface area contributed by atoms with Crippen LogP contribution in [0.15, 0.2) is 77.5 Å². The summed E-state index contributed by atoms with van der Waals surface area (Å²) in [7, 11) is -2.78. The van der Waals surface area contributed by atoms with Crippen LogP contribution < -0.4 is 15.6 Å². The average Bonchev–Trinajstić information content (AvgIpc) is 3.78. The van der Waals surface area contributed by atoms with Gasteiger partial charge in [0, 0.05) is 0 Å². The third-order valence-corrected chi connectivity index (χ3v) is 19.4. The summed E-state index contributed by atoms with van der Waals surface area (Å²) in [6.45, 7) is 16.5. The van der Waals surface area contributed by atoms with Crippen molar-refractivity contribution in [3.8, 4) is 0 Å². The molecule has 0 saturated heterocycles. The molecule has 0 saturated carbocycles. The standard InChI is InChI=1S/C63H100Si/c1-8-15-22-28-35-54-43-55(36-29-23-16-9-2)48-61(47-54)64(60-42-41-53(46-60)34-21-14-7,62-49-56(37-30-24-17-10-3)44-57(50-62)38-31-25-18-11-4)63-51-58(39-32-26-19-12-5)45-59(52-63)40-33-27-20-13-6/h41,43-52H,8-40,42H2,1-7H3. The summed E-state index contributed by atoms with van der Waals surface area (Å²) < 4.78 is 0. The molecule has 0 aliphatic heterocycles. The summed E-state index contributed by atoms with van der Waals surface area (Å²) in [5.41, 5.74) is 11.3. The molecular weight excluding hydrogens is 785 g/mol. The van der Waals surface area contributed by atoms with Gasteiger partial charge < -0.3 is 0 Å². The molecule has 0 amide bonds. The van der Waals surface area contributed by atoms with Gasteiger partial charge in [-0.2, -0.15) is 0 Å². The number of rotatable bonds is 37. The van der Waals surface area contributed by atoms with Crippen LogP contribution in [0.5, 0.6) is 0 Å². The maximum absolute atomic E-state index is 2.81. The molecule has 3 aromatic rings. The van der Waals surface area contributed by atoms with E-state index in [2.05, 4.69) is 115 Å². The first kappa shape index (κ1) is 54.0. The summed E-state index contributed by atoms with van der Waals surface area (Å²) in [6.07, 6.45) is 49.3. The first-order valence-corrected chi connectivity index (χ1v) is 30.2. The normalized spacial score (nSPS) is 12.9. The molecule has 0 unspecified atom stereocenters. The quantitative estimate of drug-likeness (QED) is 0.0307. The highest BCUT2D eigenvalue weighted by Crippen LogP contribution is 2.32. The first-order chi connectivity index (χ1) is 31.4. The van der Waals surface area contributed by atoms with Crippen LogP contribution in [0.4, 0.5) is 0 Å². The van der Waals surface area contributed by atoms with Crippen LogP contribution in [-0.2, 0) is 38.5 Å². The number of unbranched alkanes of at least 4 members (excludes halogenated alkanes) is 19. The molecule has 4 rings (SSSR count). The molecule has 0 heterocycles. The van der Waals surface area contributed by atoms with Crippen molar-refractivity contribution in [2.45, 2.75) is 267 Å². The molecule has 0 atom stereocenters. The van der Waals surface area contributed by atoms with E-state index in [1.165, 1.54) is 212 Å². The summed E-state index contributed by atoms with van der Waals surface area (Å²) in [4.78, 5) is 0. The highest BCUT2D eigenvalue weighted by molar-refractivity contribution is 7.16. The summed E-state index contributed by atoms with van der Waals surface area (Å²) in [5.74, 6) is 0. The smallest absolute Gasteiger partial charge is 0.0776 e. The van der Waals surface area contributed by atoms with Crippen molar-refractivity contribution in [2.75, 3.05) is 0 Å². The Morgan fingerprint density at radius 2 is 0.562 bits per heavy atom. The Hall–Kier alpha value is -2.64. The Labute approximate surface area is 399 Å². The molecule has 1 aliphatic rings. The maximum atomic E-state index is 2.81. The lowest BCUT2D eigenvalue weighted by molar-refractivity contribution is 0.661. The molecule has 0 bridgehead atoms. The Kier molecular flexibility index (Phi) is 27.1. The van der Waals surface area contributed by atoms with Crippen molar-refractivity contribution in [3.05, 3.63) is 111 Å². The highest BCUT2D eigenvalue weighted by atomic mass is 28.3. The van der Waals surface area contributed by atoms with Crippen molar-refractivity contribution in [1.29, 1.82) is 0 Å². The van der Waals surface area contributed by atoms with Crippen molar-refractivity contribution in [1.82, 2.24) is 0 Å². The predicted octanol–water partition coefficient (Wildman–Crippen LogP) is 17.9. The minimum atomic E-state index is -2.78. The zero-order valence-corrected chi connectivity index (χ0v) is 44.4. The Bertz CT molecular complexity index is 1510. The minimum absolute atomic E-state index is 1.11. The first-order valence-electron chi connectivity index (χ1n) is 28.2. The third-order valence-electron chi connectivity index (χ3n) is 14.6. The van der Waals surface area contributed by atoms with E-state index in [-0.39, 0.29) is 0 Å². The van der Waals surface area contributed by atoms with Gasteiger partial charge in [-0.1, -0.05) is 248 Å². The number of benzene rings is 3. The van der Waals surface area contributed by atoms with E-state index in [0.29, 0.717) is 0 Å². The fraction of sp³-hybridized carbons (Fsp3) is 0.651. The molecular formula is C63H100Si. The van der Waals surface area contributed by atoms with Gasteiger partial charge in [0.05, 0.1) is 0 Å². The molecule has 0 nitrogen and oxygen atoms in total. The lowest BCUT2D eigenvalue weighted by Crippen LogP contribution is -2.69. The second kappa shape index (κ2) is 32.1. The van der Waals surface area contributed by atoms with Crippen LogP contribution in [0.25, 0.3) is 0 Å². The number of hydrogen-bond donors (Lipinski definition) is 0. The van der Waals surface area contributed by atoms with Gasteiger partial charge in [0.2, 0.25) is 0 Å². The van der Waals surface area contributed by atoms with Gasteiger partial charge in [-0.05, 0) is 145 Å². The monoisotopic (exact) mass is 885 g/mol. The second-order valence-electron chi connectivity index (χ2n) is 20.5. The zero-order chi connectivity index (χ0) is 45.7. The van der Waals surface area contributed by atoms with Gasteiger partial charge in [0.15, 0.2) is 8.07 Å². The van der Waals surface area contributed by atoms with Crippen LogP contribution in [0, 0.1) is 0 Å². The van der Waals surface area contributed by atoms with E-state index in [9.17, 15) is 0 Å². The molecule has 0 radical (unpaired) electrons. The molecule has 0 aromatic heterocycles. The fourth-order valence-corrected chi connectivity index (χ4v) is 16.1. The molecule has 0 spiro atoms. The van der Waals surface area contributed by atoms with E-state index in [1.54, 1.807) is 59.7 Å². The SMILES string of the molecule is CCCCCCc1cc(CCCCCC)cc([Si](C2=CC(CCCC)=CC2)(c2cc(CCCCCC)cc(CCCCCC)c2)c2cc(CCCCCC)cc(CCCCCC)c2)c1. The van der Waals surface area contributed by atoms with Crippen LogP contribution in [0.2, 0.25) is 0 Å².